The van der Waals surface area contributed by atoms with Gasteiger partial charge in [0.05, 0.1) is 11.5 Å². The molecule has 0 radical (unpaired) electrons. The molecule has 2 atom stereocenters. The van der Waals surface area contributed by atoms with E-state index in [1.165, 1.54) is 6.42 Å². The fourth-order valence-electron chi connectivity index (χ4n) is 1.71. The molecule has 0 aromatic heterocycles. The van der Waals surface area contributed by atoms with E-state index in [-0.39, 0.29) is 17.8 Å². The highest BCUT2D eigenvalue weighted by atomic mass is 35.5. The number of nitriles is 1. The lowest BCUT2D eigenvalue weighted by Gasteiger charge is -2.14. The number of fused-ring (bicyclic) bond motifs is 1. The minimum Gasteiger partial charge on any atom is -0.312 e. The Morgan fingerprint density at radius 2 is 2.40 bits per heavy atom. The van der Waals surface area contributed by atoms with E-state index in [4.69, 9.17) is 5.26 Å². The van der Waals surface area contributed by atoms with Gasteiger partial charge in [0.15, 0.2) is 0 Å². The maximum atomic E-state index is 8.70. The minimum absolute atomic E-state index is 0. The molecule has 1 aliphatic heterocycles. The molecule has 0 bridgehead atoms. The lowest BCUT2D eigenvalue weighted by molar-refractivity contribution is 0.437. The van der Waals surface area contributed by atoms with Crippen LogP contribution in [0.1, 0.15) is 19.3 Å². The SMILES string of the molecule is Cl.N#CC12CCCNC1C2. The molecule has 2 rings (SSSR count). The Balaban J connectivity index is 0.000000500. The predicted octanol–water partition coefficient (Wildman–Crippen LogP) is 1.07. The van der Waals surface area contributed by atoms with Crippen molar-refractivity contribution in [2.45, 2.75) is 25.3 Å². The molecule has 0 spiro atoms. The van der Waals surface area contributed by atoms with E-state index < -0.39 is 0 Å². The van der Waals surface area contributed by atoms with Crippen LogP contribution in [-0.4, -0.2) is 12.6 Å². The van der Waals surface area contributed by atoms with Gasteiger partial charge >= 0.3 is 0 Å². The van der Waals surface area contributed by atoms with E-state index >= 15 is 0 Å². The Hall–Kier alpha value is -0.260. The summed E-state index contributed by atoms with van der Waals surface area (Å²) < 4.78 is 0. The predicted molar refractivity (Wildman–Crippen MR) is 40.9 cm³/mol. The van der Waals surface area contributed by atoms with E-state index in [0.29, 0.717) is 6.04 Å². The highest BCUT2D eigenvalue weighted by Crippen LogP contribution is 2.50. The first-order valence-corrected chi connectivity index (χ1v) is 3.52. The summed E-state index contributed by atoms with van der Waals surface area (Å²) in [4.78, 5) is 0. The molecule has 56 valence electrons. The van der Waals surface area contributed by atoms with Crippen molar-refractivity contribution in [1.29, 1.82) is 5.26 Å². The summed E-state index contributed by atoms with van der Waals surface area (Å²) in [5.74, 6) is 0. The van der Waals surface area contributed by atoms with E-state index in [9.17, 15) is 0 Å². The molecule has 2 unspecified atom stereocenters. The second-order valence-corrected chi connectivity index (χ2v) is 3.08. The molecule has 2 nitrogen and oxygen atoms in total. The molecule has 2 fully saturated rings. The van der Waals surface area contributed by atoms with Crippen LogP contribution in [-0.2, 0) is 0 Å². The van der Waals surface area contributed by atoms with Crippen LogP contribution in [0.4, 0.5) is 0 Å². The maximum absolute atomic E-state index is 8.70. The number of hydrogen-bond acceptors (Lipinski definition) is 2. The summed E-state index contributed by atoms with van der Waals surface area (Å²) in [5, 5.41) is 12.0. The molecule has 1 aliphatic carbocycles. The van der Waals surface area contributed by atoms with Crippen molar-refractivity contribution in [3.63, 3.8) is 0 Å². The minimum atomic E-state index is 0. The lowest BCUT2D eigenvalue weighted by Crippen LogP contribution is -2.28. The largest absolute Gasteiger partial charge is 0.312 e. The van der Waals surface area contributed by atoms with Crippen LogP contribution in [0.15, 0.2) is 0 Å². The quantitative estimate of drug-likeness (QED) is 0.573. The summed E-state index contributed by atoms with van der Waals surface area (Å²) >= 11 is 0. The Morgan fingerprint density at radius 1 is 1.60 bits per heavy atom. The van der Waals surface area contributed by atoms with Crippen LogP contribution in [0.5, 0.6) is 0 Å². The number of rotatable bonds is 0. The number of nitrogens with one attached hydrogen (secondary N) is 1. The number of halogens is 1. The van der Waals surface area contributed by atoms with Crippen molar-refractivity contribution in [3.05, 3.63) is 0 Å². The van der Waals surface area contributed by atoms with Gasteiger partial charge in [-0.05, 0) is 25.8 Å². The Bertz CT molecular complexity index is 175. The van der Waals surface area contributed by atoms with Gasteiger partial charge in [0.1, 0.15) is 0 Å². The lowest BCUT2D eigenvalue weighted by atomic mass is 9.99. The molecule has 0 aromatic rings. The van der Waals surface area contributed by atoms with Crippen molar-refractivity contribution in [1.82, 2.24) is 5.32 Å². The Kier molecular flexibility index (Phi) is 1.89. The molecule has 0 aromatic carbocycles. The van der Waals surface area contributed by atoms with E-state index in [1.54, 1.807) is 0 Å². The van der Waals surface area contributed by atoms with Gasteiger partial charge in [0.2, 0.25) is 0 Å². The number of piperidine rings is 1. The smallest absolute Gasteiger partial charge is 0.0743 e. The molecule has 0 amide bonds. The van der Waals surface area contributed by atoms with Gasteiger partial charge in [-0.25, -0.2) is 0 Å². The first kappa shape index (κ1) is 7.84. The molecule has 3 heteroatoms. The molecule has 1 N–H and O–H groups in total. The zero-order chi connectivity index (χ0) is 6.32. The van der Waals surface area contributed by atoms with Gasteiger partial charge < -0.3 is 5.32 Å². The van der Waals surface area contributed by atoms with Crippen LogP contribution in [0, 0.1) is 16.7 Å². The van der Waals surface area contributed by atoms with Crippen molar-refractivity contribution in [3.8, 4) is 6.07 Å². The third-order valence-electron chi connectivity index (χ3n) is 2.49. The summed E-state index contributed by atoms with van der Waals surface area (Å²) in [6.45, 7) is 1.12. The maximum Gasteiger partial charge on any atom is 0.0743 e. The van der Waals surface area contributed by atoms with Crippen molar-refractivity contribution >= 4 is 12.4 Å². The van der Waals surface area contributed by atoms with Crippen LogP contribution < -0.4 is 5.32 Å². The molecular formula is C7H11ClN2. The third kappa shape index (κ3) is 0.902. The number of hydrogen-bond donors (Lipinski definition) is 1. The van der Waals surface area contributed by atoms with Crippen molar-refractivity contribution in [2.24, 2.45) is 5.41 Å². The topological polar surface area (TPSA) is 35.8 Å². The highest BCUT2D eigenvalue weighted by molar-refractivity contribution is 5.85. The van der Waals surface area contributed by atoms with Crippen LogP contribution in [0.2, 0.25) is 0 Å². The monoisotopic (exact) mass is 158 g/mol. The van der Waals surface area contributed by atoms with E-state index in [2.05, 4.69) is 11.4 Å². The van der Waals surface area contributed by atoms with Gasteiger partial charge in [-0.15, -0.1) is 12.4 Å². The summed E-state index contributed by atoms with van der Waals surface area (Å²) in [5.41, 5.74) is 0.0816. The normalized spacial score (nSPS) is 42.5. The van der Waals surface area contributed by atoms with Gasteiger partial charge in [0, 0.05) is 6.04 Å². The first-order valence-electron chi connectivity index (χ1n) is 3.52. The fourth-order valence-corrected chi connectivity index (χ4v) is 1.71. The fraction of sp³-hybridized carbons (Fsp3) is 0.857. The second kappa shape index (κ2) is 2.41. The Morgan fingerprint density at radius 3 is 2.90 bits per heavy atom. The number of nitrogens with zero attached hydrogens (tertiary/aromatic N) is 1. The summed E-state index contributed by atoms with van der Waals surface area (Å²) in [7, 11) is 0. The van der Waals surface area contributed by atoms with Gasteiger partial charge in [-0.1, -0.05) is 0 Å². The highest BCUT2D eigenvalue weighted by Gasteiger charge is 2.55. The summed E-state index contributed by atoms with van der Waals surface area (Å²) in [6.07, 6.45) is 3.41. The molecule has 1 saturated heterocycles. The molecule has 1 saturated carbocycles. The second-order valence-electron chi connectivity index (χ2n) is 3.08. The Labute approximate surface area is 67.0 Å². The van der Waals surface area contributed by atoms with E-state index in [1.807, 2.05) is 0 Å². The standard InChI is InChI=1S/C7H10N2.ClH/c8-5-7-2-1-3-9-6(7)4-7;/h6,9H,1-4H2;1H. The molecular weight excluding hydrogens is 148 g/mol. The van der Waals surface area contributed by atoms with Crippen LogP contribution >= 0.6 is 12.4 Å². The van der Waals surface area contributed by atoms with Crippen LogP contribution in [0.25, 0.3) is 0 Å². The van der Waals surface area contributed by atoms with Gasteiger partial charge in [-0.3, -0.25) is 0 Å². The van der Waals surface area contributed by atoms with Crippen LogP contribution in [0.3, 0.4) is 0 Å². The first-order chi connectivity index (χ1) is 4.37. The van der Waals surface area contributed by atoms with Gasteiger partial charge in [0.25, 0.3) is 0 Å². The summed E-state index contributed by atoms with van der Waals surface area (Å²) in [6, 6.07) is 2.94. The zero-order valence-electron chi connectivity index (χ0n) is 5.76. The average molecular weight is 159 g/mol. The molecule has 10 heavy (non-hydrogen) atoms. The molecule has 2 aliphatic rings. The van der Waals surface area contributed by atoms with Gasteiger partial charge in [-0.2, -0.15) is 5.26 Å². The van der Waals surface area contributed by atoms with E-state index in [0.717, 1.165) is 19.4 Å². The molecule has 1 heterocycles. The van der Waals surface area contributed by atoms with Crippen molar-refractivity contribution < 1.29 is 0 Å². The zero-order valence-corrected chi connectivity index (χ0v) is 6.58. The average Bonchev–Trinajstić information content (AvgIpc) is 2.62. The third-order valence-corrected chi connectivity index (χ3v) is 2.49. The van der Waals surface area contributed by atoms with Crippen molar-refractivity contribution in [2.75, 3.05) is 6.54 Å².